The zero-order chi connectivity index (χ0) is 22.6. The molecule has 0 unspecified atom stereocenters. The zero-order valence-corrected chi connectivity index (χ0v) is 18.9. The summed E-state index contributed by atoms with van der Waals surface area (Å²) in [6.45, 7) is 1.68. The van der Waals surface area contributed by atoms with Crippen molar-refractivity contribution in [2.75, 3.05) is 26.3 Å². The predicted molar refractivity (Wildman–Crippen MR) is 122 cm³/mol. The molecule has 1 amide bonds. The first kappa shape index (κ1) is 22.5. The fourth-order valence-electron chi connectivity index (χ4n) is 3.51. The van der Waals surface area contributed by atoms with Gasteiger partial charge in [-0.1, -0.05) is 48.0 Å². The van der Waals surface area contributed by atoms with Crippen molar-refractivity contribution in [2.24, 2.45) is 0 Å². The normalized spacial score (nSPS) is 14.9. The Labute approximate surface area is 192 Å². The van der Waals surface area contributed by atoms with Gasteiger partial charge < -0.3 is 14.5 Å². The van der Waals surface area contributed by atoms with Crippen LogP contribution in [0.5, 0.6) is 0 Å². The molecule has 1 N–H and O–H groups in total. The number of furan rings is 1. The third-order valence-electron chi connectivity index (χ3n) is 5.23. The van der Waals surface area contributed by atoms with E-state index in [9.17, 15) is 13.2 Å². The lowest BCUT2D eigenvalue weighted by Crippen LogP contribution is -2.41. The van der Waals surface area contributed by atoms with Gasteiger partial charge in [-0.05, 0) is 35.4 Å². The molecule has 168 valence electrons. The van der Waals surface area contributed by atoms with Gasteiger partial charge in [0.2, 0.25) is 10.0 Å². The van der Waals surface area contributed by atoms with E-state index in [-0.39, 0.29) is 18.1 Å². The molecule has 0 aliphatic carbocycles. The molecule has 2 heterocycles. The molecule has 2 aromatic carbocycles. The number of morpholine rings is 1. The molecule has 9 heteroatoms. The Kier molecular flexibility index (Phi) is 6.95. The van der Waals surface area contributed by atoms with Crippen molar-refractivity contribution in [1.29, 1.82) is 0 Å². The summed E-state index contributed by atoms with van der Waals surface area (Å²) in [7, 11) is -3.47. The first-order valence-corrected chi connectivity index (χ1v) is 12.2. The van der Waals surface area contributed by atoms with Gasteiger partial charge in [-0.15, -0.1) is 0 Å². The standard InChI is InChI=1S/C23H23ClN2O5S/c24-20-8-4-3-7-19(20)21-9-10-22(31-21)23(27)25-15-17-5-1-2-6-18(17)16-32(28,29)26-11-13-30-14-12-26/h1-10H,11-16H2,(H,25,27). The highest BCUT2D eigenvalue weighted by Crippen LogP contribution is 2.29. The van der Waals surface area contributed by atoms with Crippen LogP contribution in [0.25, 0.3) is 11.3 Å². The molecular formula is C23H23ClN2O5S. The van der Waals surface area contributed by atoms with E-state index in [4.69, 9.17) is 20.8 Å². The van der Waals surface area contributed by atoms with E-state index >= 15 is 0 Å². The van der Waals surface area contributed by atoms with Crippen LogP contribution in [0.4, 0.5) is 0 Å². The molecule has 32 heavy (non-hydrogen) atoms. The largest absolute Gasteiger partial charge is 0.451 e. The lowest BCUT2D eigenvalue weighted by molar-refractivity contribution is 0.0729. The van der Waals surface area contributed by atoms with Crippen molar-refractivity contribution in [3.8, 4) is 11.3 Å². The van der Waals surface area contributed by atoms with Gasteiger partial charge in [-0.25, -0.2) is 8.42 Å². The smallest absolute Gasteiger partial charge is 0.287 e. The molecule has 3 aromatic rings. The number of hydrogen-bond acceptors (Lipinski definition) is 5. The lowest BCUT2D eigenvalue weighted by atomic mass is 10.1. The van der Waals surface area contributed by atoms with Crippen LogP contribution in [0.3, 0.4) is 0 Å². The minimum atomic E-state index is -3.47. The Morgan fingerprint density at radius 3 is 2.41 bits per heavy atom. The van der Waals surface area contributed by atoms with Gasteiger partial charge in [0.25, 0.3) is 5.91 Å². The topological polar surface area (TPSA) is 88.9 Å². The molecule has 7 nitrogen and oxygen atoms in total. The molecular weight excluding hydrogens is 452 g/mol. The highest BCUT2D eigenvalue weighted by atomic mass is 35.5. The van der Waals surface area contributed by atoms with Gasteiger partial charge in [0.1, 0.15) is 5.76 Å². The molecule has 0 saturated carbocycles. The van der Waals surface area contributed by atoms with Crippen LogP contribution < -0.4 is 5.32 Å². The van der Waals surface area contributed by atoms with Gasteiger partial charge in [0.15, 0.2) is 5.76 Å². The van der Waals surface area contributed by atoms with E-state index in [2.05, 4.69) is 5.32 Å². The van der Waals surface area contributed by atoms with Gasteiger partial charge in [-0.3, -0.25) is 4.79 Å². The van der Waals surface area contributed by atoms with Crippen LogP contribution in [-0.4, -0.2) is 44.9 Å². The molecule has 1 saturated heterocycles. The van der Waals surface area contributed by atoms with Crippen molar-refractivity contribution >= 4 is 27.5 Å². The van der Waals surface area contributed by atoms with E-state index in [0.29, 0.717) is 48.2 Å². The lowest BCUT2D eigenvalue weighted by Gasteiger charge is -2.26. The molecule has 4 rings (SSSR count). The molecule has 1 aliphatic heterocycles. The van der Waals surface area contributed by atoms with Crippen molar-refractivity contribution in [2.45, 2.75) is 12.3 Å². The first-order valence-electron chi connectivity index (χ1n) is 10.2. The minimum Gasteiger partial charge on any atom is -0.451 e. The number of ether oxygens (including phenoxy) is 1. The molecule has 1 aliphatic rings. The summed E-state index contributed by atoms with van der Waals surface area (Å²) < 4.78 is 37.9. The molecule has 1 fully saturated rings. The van der Waals surface area contributed by atoms with Gasteiger partial charge in [0.05, 0.1) is 24.0 Å². The first-order chi connectivity index (χ1) is 15.4. The number of nitrogens with one attached hydrogen (secondary N) is 1. The van der Waals surface area contributed by atoms with Crippen molar-refractivity contribution < 1.29 is 22.4 Å². The maximum atomic E-state index is 12.8. The van der Waals surface area contributed by atoms with Crippen LogP contribution in [-0.2, 0) is 27.1 Å². The third kappa shape index (κ3) is 5.21. The Morgan fingerprint density at radius 1 is 0.969 bits per heavy atom. The molecule has 0 bridgehead atoms. The predicted octanol–water partition coefficient (Wildman–Crippen LogP) is 3.69. The summed E-state index contributed by atoms with van der Waals surface area (Å²) in [5, 5.41) is 3.34. The number of carbonyl (C=O) groups excluding carboxylic acids is 1. The monoisotopic (exact) mass is 474 g/mol. The van der Waals surface area contributed by atoms with E-state index in [1.54, 1.807) is 30.3 Å². The SMILES string of the molecule is O=C(NCc1ccccc1CS(=O)(=O)N1CCOCC1)c1ccc(-c2ccccc2Cl)o1. The van der Waals surface area contributed by atoms with Gasteiger partial charge in [-0.2, -0.15) is 4.31 Å². The summed E-state index contributed by atoms with van der Waals surface area (Å²) in [5.41, 5.74) is 2.08. The molecule has 0 radical (unpaired) electrons. The summed E-state index contributed by atoms with van der Waals surface area (Å²) in [6.07, 6.45) is 0. The molecule has 0 spiro atoms. The second-order valence-electron chi connectivity index (χ2n) is 7.36. The highest BCUT2D eigenvalue weighted by Gasteiger charge is 2.25. The Balaban J connectivity index is 1.43. The van der Waals surface area contributed by atoms with Crippen LogP contribution in [0.2, 0.25) is 5.02 Å². The summed E-state index contributed by atoms with van der Waals surface area (Å²) in [4.78, 5) is 12.6. The average molecular weight is 475 g/mol. The van der Waals surface area contributed by atoms with E-state index in [1.807, 2.05) is 30.3 Å². The van der Waals surface area contributed by atoms with Gasteiger partial charge in [0, 0.05) is 25.2 Å². The van der Waals surface area contributed by atoms with E-state index in [1.165, 1.54) is 4.31 Å². The Hall–Kier alpha value is -2.65. The number of carbonyl (C=O) groups is 1. The summed E-state index contributed by atoms with van der Waals surface area (Å²) >= 11 is 6.20. The van der Waals surface area contributed by atoms with Crippen LogP contribution in [0.1, 0.15) is 21.7 Å². The summed E-state index contributed by atoms with van der Waals surface area (Å²) in [6, 6.07) is 17.7. The molecule has 1 aromatic heterocycles. The average Bonchev–Trinajstić information content (AvgIpc) is 3.29. The second-order valence-corrected chi connectivity index (χ2v) is 9.74. The van der Waals surface area contributed by atoms with E-state index < -0.39 is 15.9 Å². The van der Waals surface area contributed by atoms with Crippen molar-refractivity contribution in [1.82, 2.24) is 9.62 Å². The maximum absolute atomic E-state index is 12.8. The number of hydrogen-bond donors (Lipinski definition) is 1. The zero-order valence-electron chi connectivity index (χ0n) is 17.3. The number of rotatable bonds is 7. The molecule has 0 atom stereocenters. The fourth-order valence-corrected chi connectivity index (χ4v) is 5.30. The van der Waals surface area contributed by atoms with E-state index in [0.717, 1.165) is 5.56 Å². The fraction of sp³-hybridized carbons (Fsp3) is 0.261. The number of sulfonamides is 1. The number of benzene rings is 2. The Bertz CT molecular complexity index is 1200. The number of halogens is 1. The highest BCUT2D eigenvalue weighted by molar-refractivity contribution is 7.88. The maximum Gasteiger partial charge on any atom is 0.287 e. The minimum absolute atomic E-state index is 0.129. The van der Waals surface area contributed by atoms with Crippen LogP contribution in [0.15, 0.2) is 65.1 Å². The number of nitrogens with zero attached hydrogens (tertiary/aromatic N) is 1. The third-order valence-corrected chi connectivity index (χ3v) is 7.39. The van der Waals surface area contributed by atoms with Crippen LogP contribution in [0, 0.1) is 0 Å². The van der Waals surface area contributed by atoms with Crippen molar-refractivity contribution in [3.63, 3.8) is 0 Å². The summed E-state index contributed by atoms with van der Waals surface area (Å²) in [5.74, 6) is 0.126. The quantitative estimate of drug-likeness (QED) is 0.564. The van der Waals surface area contributed by atoms with Crippen LogP contribution >= 0.6 is 11.6 Å². The van der Waals surface area contributed by atoms with Gasteiger partial charge >= 0.3 is 0 Å². The Morgan fingerprint density at radius 2 is 1.66 bits per heavy atom. The number of amides is 1. The van der Waals surface area contributed by atoms with Crippen molar-refractivity contribution in [3.05, 3.63) is 82.6 Å². The second kappa shape index (κ2) is 9.87.